The molecule has 2 aliphatic rings. The lowest BCUT2D eigenvalue weighted by molar-refractivity contribution is -0.168. The minimum absolute atomic E-state index is 0.254. The van der Waals surface area contributed by atoms with Gasteiger partial charge in [0.2, 0.25) is 0 Å². The predicted molar refractivity (Wildman–Crippen MR) is 120 cm³/mol. The molecule has 164 valence electrons. The van der Waals surface area contributed by atoms with Gasteiger partial charge in [-0.3, -0.25) is 13.9 Å². The van der Waals surface area contributed by atoms with Crippen molar-refractivity contribution in [3.8, 4) is 11.1 Å². The number of benzene rings is 3. The Morgan fingerprint density at radius 2 is 1.44 bits per heavy atom. The van der Waals surface area contributed by atoms with Crippen LogP contribution in [0.2, 0.25) is 0 Å². The molecule has 0 aromatic heterocycles. The van der Waals surface area contributed by atoms with Gasteiger partial charge in [0, 0.05) is 6.54 Å². The van der Waals surface area contributed by atoms with Gasteiger partial charge >= 0.3 is 5.97 Å². The molecule has 0 bridgehead atoms. The molecule has 1 heterocycles. The number of hydrogen-bond donors (Lipinski definition) is 0. The third kappa shape index (κ3) is 3.00. The molecule has 1 aliphatic heterocycles. The lowest BCUT2D eigenvalue weighted by Gasteiger charge is -2.55. The topological polar surface area (TPSA) is 72.9 Å². The zero-order valence-electron chi connectivity index (χ0n) is 17.8. The Balaban J connectivity index is 1.77. The maximum absolute atomic E-state index is 12.9. The minimum Gasteiger partial charge on any atom is -0.468 e. The summed E-state index contributed by atoms with van der Waals surface area (Å²) in [6.07, 6.45) is 0.176. The van der Waals surface area contributed by atoms with E-state index >= 15 is 0 Å². The second-order valence-electron chi connectivity index (χ2n) is 8.13. The quantitative estimate of drug-likeness (QED) is 0.440. The van der Waals surface area contributed by atoms with Crippen LogP contribution < -0.4 is 0 Å². The van der Waals surface area contributed by atoms with E-state index in [1.807, 2.05) is 59.5 Å². The largest absolute Gasteiger partial charge is 0.468 e. The lowest BCUT2D eigenvalue weighted by atomic mass is 9.75. The molecular weight excluding hydrogens is 426 g/mol. The molecule has 5 rings (SSSR count). The number of nitrogens with zero attached hydrogens (tertiary/aromatic N) is 1. The van der Waals surface area contributed by atoms with E-state index in [4.69, 9.17) is 8.92 Å². The van der Waals surface area contributed by atoms with Crippen LogP contribution in [0.4, 0.5) is 0 Å². The maximum Gasteiger partial charge on any atom is 0.325 e. The van der Waals surface area contributed by atoms with Crippen molar-refractivity contribution < 1.29 is 22.1 Å². The number of fused-ring (bicyclic) bond motifs is 3. The normalized spacial score (nSPS) is 21.3. The number of hydrogen-bond acceptors (Lipinski definition) is 6. The molecule has 7 heteroatoms. The number of carbonyl (C=O) groups is 1. The molecule has 0 N–H and O–H groups in total. The van der Waals surface area contributed by atoms with E-state index in [0.29, 0.717) is 0 Å². The predicted octanol–water partition coefficient (Wildman–Crippen LogP) is 3.16. The number of likely N-dealkylation sites (tertiary alicyclic amines) is 1. The molecule has 1 aliphatic carbocycles. The van der Waals surface area contributed by atoms with Gasteiger partial charge in [-0.05, 0) is 27.8 Å². The van der Waals surface area contributed by atoms with Gasteiger partial charge in [-0.25, -0.2) is 0 Å². The van der Waals surface area contributed by atoms with Crippen molar-refractivity contribution in [1.29, 1.82) is 0 Å². The van der Waals surface area contributed by atoms with Crippen LogP contribution in [-0.2, 0) is 29.4 Å². The molecule has 1 saturated heterocycles. The van der Waals surface area contributed by atoms with Crippen molar-refractivity contribution in [1.82, 2.24) is 4.90 Å². The fourth-order valence-electron chi connectivity index (χ4n) is 5.20. The summed E-state index contributed by atoms with van der Waals surface area (Å²) in [6.45, 7) is 0.254. The first-order valence-corrected chi connectivity index (χ1v) is 12.2. The van der Waals surface area contributed by atoms with E-state index in [9.17, 15) is 13.2 Å². The Hall–Kier alpha value is -3.00. The Labute approximate surface area is 187 Å². The Bertz CT molecular complexity index is 1240. The summed E-state index contributed by atoms with van der Waals surface area (Å²) in [5.41, 5.74) is 4.46. The first-order valence-electron chi connectivity index (χ1n) is 10.4. The third-order valence-electron chi connectivity index (χ3n) is 6.35. The zero-order valence-corrected chi connectivity index (χ0v) is 18.6. The van der Waals surface area contributed by atoms with Crippen LogP contribution in [0, 0.1) is 0 Å². The second-order valence-corrected chi connectivity index (χ2v) is 9.73. The highest BCUT2D eigenvalue weighted by Crippen LogP contribution is 2.56. The molecular formula is C25H23NO5S. The Kier molecular flexibility index (Phi) is 4.93. The molecule has 0 amide bonds. The number of rotatable bonds is 5. The van der Waals surface area contributed by atoms with Crippen LogP contribution in [0.5, 0.6) is 0 Å². The highest BCUT2D eigenvalue weighted by Gasteiger charge is 2.60. The third-order valence-corrected chi connectivity index (χ3v) is 6.95. The van der Waals surface area contributed by atoms with E-state index in [2.05, 4.69) is 24.3 Å². The summed E-state index contributed by atoms with van der Waals surface area (Å²) in [4.78, 5) is 14.9. The summed E-state index contributed by atoms with van der Waals surface area (Å²) < 4.78 is 34.1. The standard InChI is InChI=1S/C25H23NO5S/c1-30-24(27)23-22(31-32(2,28)29)16-26(23)25(17-10-4-3-5-11-17)20-14-8-6-12-18(20)19-13-7-9-15-21(19)25/h3-15,22-23H,16H2,1-2H3/t22-,23-/m0/s1. The van der Waals surface area contributed by atoms with Crippen molar-refractivity contribution in [2.24, 2.45) is 0 Å². The monoisotopic (exact) mass is 449 g/mol. The molecule has 0 spiro atoms. The van der Waals surface area contributed by atoms with Crippen LogP contribution in [0.1, 0.15) is 16.7 Å². The van der Waals surface area contributed by atoms with Crippen molar-refractivity contribution in [3.05, 3.63) is 95.6 Å². The Morgan fingerprint density at radius 3 is 1.97 bits per heavy atom. The number of ether oxygens (including phenoxy) is 1. The van der Waals surface area contributed by atoms with Gasteiger partial charge in [0.15, 0.2) is 0 Å². The van der Waals surface area contributed by atoms with Gasteiger partial charge < -0.3 is 4.74 Å². The molecule has 6 nitrogen and oxygen atoms in total. The molecule has 0 unspecified atom stereocenters. The molecule has 2 atom stereocenters. The summed E-state index contributed by atoms with van der Waals surface area (Å²) in [6, 6.07) is 25.4. The molecule has 32 heavy (non-hydrogen) atoms. The van der Waals surface area contributed by atoms with Crippen molar-refractivity contribution in [3.63, 3.8) is 0 Å². The van der Waals surface area contributed by atoms with E-state index in [-0.39, 0.29) is 6.54 Å². The van der Waals surface area contributed by atoms with Crippen molar-refractivity contribution in [2.45, 2.75) is 17.7 Å². The smallest absolute Gasteiger partial charge is 0.325 e. The summed E-state index contributed by atoms with van der Waals surface area (Å²) in [5, 5.41) is 0. The van der Waals surface area contributed by atoms with Gasteiger partial charge in [0.05, 0.1) is 18.9 Å². The zero-order chi connectivity index (χ0) is 22.5. The number of carbonyl (C=O) groups excluding carboxylic acids is 1. The van der Waals surface area contributed by atoms with Gasteiger partial charge in [-0.2, -0.15) is 8.42 Å². The van der Waals surface area contributed by atoms with Gasteiger partial charge in [-0.1, -0.05) is 78.9 Å². The van der Waals surface area contributed by atoms with Gasteiger partial charge in [-0.15, -0.1) is 0 Å². The van der Waals surface area contributed by atoms with Crippen molar-refractivity contribution >= 4 is 16.1 Å². The van der Waals surface area contributed by atoms with E-state index in [1.54, 1.807) is 0 Å². The molecule has 0 saturated carbocycles. The van der Waals surface area contributed by atoms with Gasteiger partial charge in [0.1, 0.15) is 12.1 Å². The maximum atomic E-state index is 12.9. The van der Waals surface area contributed by atoms with Crippen LogP contribution in [-0.4, -0.2) is 51.3 Å². The van der Waals surface area contributed by atoms with Crippen LogP contribution in [0.25, 0.3) is 11.1 Å². The molecule has 1 fully saturated rings. The summed E-state index contributed by atoms with van der Waals surface area (Å²) >= 11 is 0. The summed E-state index contributed by atoms with van der Waals surface area (Å²) in [5.74, 6) is -0.526. The Morgan fingerprint density at radius 1 is 0.906 bits per heavy atom. The fraction of sp³-hybridized carbons (Fsp3) is 0.240. The first kappa shape index (κ1) is 20.9. The summed E-state index contributed by atoms with van der Waals surface area (Å²) in [7, 11) is -2.44. The van der Waals surface area contributed by atoms with Crippen LogP contribution in [0.15, 0.2) is 78.9 Å². The van der Waals surface area contributed by atoms with Crippen LogP contribution >= 0.6 is 0 Å². The van der Waals surface area contributed by atoms with Crippen LogP contribution in [0.3, 0.4) is 0 Å². The minimum atomic E-state index is -3.75. The highest BCUT2D eigenvalue weighted by molar-refractivity contribution is 7.86. The SMILES string of the molecule is COC(=O)[C@@H]1[C@@H](OS(C)(=O)=O)CN1C1(c2ccccc2)c2ccccc2-c2ccccc21. The fourth-order valence-corrected chi connectivity index (χ4v) is 5.82. The molecule has 3 aromatic rings. The average molecular weight is 450 g/mol. The first-order chi connectivity index (χ1) is 15.4. The van der Waals surface area contributed by atoms with E-state index < -0.39 is 33.8 Å². The average Bonchev–Trinajstić information content (AvgIpc) is 3.07. The van der Waals surface area contributed by atoms with E-state index in [1.165, 1.54) is 7.11 Å². The van der Waals surface area contributed by atoms with Crippen molar-refractivity contribution in [2.75, 3.05) is 19.9 Å². The molecule has 0 radical (unpaired) electrons. The molecule has 3 aromatic carbocycles. The number of methoxy groups -OCH3 is 1. The number of esters is 1. The lowest BCUT2D eigenvalue weighted by Crippen LogP contribution is -2.71. The highest BCUT2D eigenvalue weighted by atomic mass is 32.2. The van der Waals surface area contributed by atoms with E-state index in [0.717, 1.165) is 34.1 Å². The second kappa shape index (κ2) is 7.55. The van der Waals surface area contributed by atoms with Gasteiger partial charge in [0.25, 0.3) is 10.1 Å².